The molecule has 4 heteroatoms. The summed E-state index contributed by atoms with van der Waals surface area (Å²) in [4.78, 5) is 2.63. The molecule has 0 saturated carbocycles. The maximum atomic E-state index is 3.68. The Balaban J connectivity index is 1.85. The van der Waals surface area contributed by atoms with Crippen molar-refractivity contribution in [1.29, 1.82) is 0 Å². The fourth-order valence-electron chi connectivity index (χ4n) is 4.66. The van der Waals surface area contributed by atoms with E-state index in [0.717, 1.165) is 58.9 Å². The van der Waals surface area contributed by atoms with Gasteiger partial charge in [0.2, 0.25) is 0 Å². The van der Waals surface area contributed by atoms with E-state index in [9.17, 15) is 0 Å². The summed E-state index contributed by atoms with van der Waals surface area (Å²) in [5.41, 5.74) is 10.3. The first-order valence-corrected chi connectivity index (χ1v) is 12.0. The lowest BCUT2D eigenvalue weighted by Gasteiger charge is -2.27. The van der Waals surface area contributed by atoms with Crippen molar-refractivity contribution >= 4 is 0 Å². The van der Waals surface area contributed by atoms with Gasteiger partial charge in [0.05, 0.1) is 0 Å². The molecule has 2 aromatic carbocycles. The van der Waals surface area contributed by atoms with Gasteiger partial charge in [0.15, 0.2) is 0 Å². The van der Waals surface area contributed by atoms with Gasteiger partial charge in [0, 0.05) is 39.3 Å². The highest BCUT2D eigenvalue weighted by atomic mass is 15.1. The van der Waals surface area contributed by atoms with Crippen molar-refractivity contribution in [1.82, 2.24) is 20.9 Å². The van der Waals surface area contributed by atoms with E-state index in [1.165, 1.54) is 51.8 Å². The van der Waals surface area contributed by atoms with Gasteiger partial charge in [0.25, 0.3) is 0 Å². The number of nitrogens with one attached hydrogen (secondary N) is 3. The normalized spacial score (nSPS) is 17.9. The average molecular weight is 423 g/mol. The second-order valence-corrected chi connectivity index (χ2v) is 9.04. The van der Waals surface area contributed by atoms with Crippen LogP contribution in [0.1, 0.15) is 51.8 Å². The molecule has 0 amide bonds. The third kappa shape index (κ3) is 6.88. The second kappa shape index (κ2) is 12.4. The number of fused-ring (bicyclic) bond motifs is 15. The van der Waals surface area contributed by atoms with Crippen LogP contribution >= 0.6 is 0 Å². The molecule has 0 aromatic heterocycles. The standard InChI is InChI=1S/C27H42N4/c1-21-23(3)27-20-31(19-25-10-6-5-7-11-25)17-9-14-29-16-15-28-12-8-13-30-18-26(21)22(2)24(27)4/h5-7,10-11,28-30H,8-9,12-20H2,1-4H3. The number of benzene rings is 2. The second-order valence-electron chi connectivity index (χ2n) is 9.04. The van der Waals surface area contributed by atoms with Gasteiger partial charge in [-0.25, -0.2) is 0 Å². The first-order chi connectivity index (χ1) is 15.1. The molecule has 2 aromatic rings. The Labute approximate surface area is 189 Å². The summed E-state index contributed by atoms with van der Waals surface area (Å²) in [5.74, 6) is 0. The minimum absolute atomic E-state index is 0.967. The van der Waals surface area contributed by atoms with Gasteiger partial charge >= 0.3 is 0 Å². The van der Waals surface area contributed by atoms with E-state index in [1.807, 2.05) is 0 Å². The van der Waals surface area contributed by atoms with Crippen molar-refractivity contribution in [3.05, 3.63) is 69.3 Å². The molecular weight excluding hydrogens is 380 g/mol. The van der Waals surface area contributed by atoms with Crippen molar-refractivity contribution < 1.29 is 0 Å². The number of nitrogens with zero attached hydrogens (tertiary/aromatic N) is 1. The van der Waals surface area contributed by atoms with E-state index in [4.69, 9.17) is 0 Å². The molecule has 0 fully saturated rings. The Morgan fingerprint density at radius 2 is 1.26 bits per heavy atom. The van der Waals surface area contributed by atoms with Crippen LogP contribution in [0.4, 0.5) is 0 Å². The minimum Gasteiger partial charge on any atom is -0.315 e. The Hall–Kier alpha value is -1.72. The van der Waals surface area contributed by atoms with Gasteiger partial charge in [-0.1, -0.05) is 30.3 Å². The van der Waals surface area contributed by atoms with Crippen LogP contribution in [-0.4, -0.2) is 44.2 Å². The molecule has 0 atom stereocenters. The Kier molecular flexibility index (Phi) is 9.54. The maximum Gasteiger partial charge on any atom is 0.0242 e. The molecule has 3 N–H and O–H groups in total. The summed E-state index contributed by atoms with van der Waals surface area (Å²) in [6, 6.07) is 10.9. The lowest BCUT2D eigenvalue weighted by Crippen LogP contribution is -2.32. The fraction of sp³-hybridized carbons (Fsp3) is 0.556. The average Bonchev–Trinajstić information content (AvgIpc) is 2.78. The summed E-state index contributed by atoms with van der Waals surface area (Å²) in [7, 11) is 0. The third-order valence-electron chi connectivity index (χ3n) is 6.88. The molecule has 0 radical (unpaired) electrons. The molecule has 2 aliphatic rings. The molecule has 0 saturated heterocycles. The predicted octanol–water partition coefficient (Wildman–Crippen LogP) is 3.99. The summed E-state index contributed by atoms with van der Waals surface area (Å²) >= 11 is 0. The zero-order chi connectivity index (χ0) is 22.1. The molecule has 2 aliphatic heterocycles. The Morgan fingerprint density at radius 3 is 1.94 bits per heavy atom. The molecular formula is C27H42N4. The van der Waals surface area contributed by atoms with Gasteiger partial charge in [0.1, 0.15) is 0 Å². The zero-order valence-corrected chi connectivity index (χ0v) is 20.1. The number of rotatable bonds is 2. The lowest BCUT2D eigenvalue weighted by molar-refractivity contribution is 0.251. The first-order valence-electron chi connectivity index (χ1n) is 12.0. The molecule has 0 unspecified atom stereocenters. The highest BCUT2D eigenvalue weighted by molar-refractivity contribution is 5.50. The molecule has 31 heavy (non-hydrogen) atoms. The van der Waals surface area contributed by atoms with Crippen molar-refractivity contribution in [3.63, 3.8) is 0 Å². The lowest BCUT2D eigenvalue weighted by atomic mass is 9.88. The van der Waals surface area contributed by atoms with E-state index in [0.29, 0.717) is 0 Å². The van der Waals surface area contributed by atoms with Crippen molar-refractivity contribution in [2.45, 2.75) is 60.2 Å². The maximum absolute atomic E-state index is 3.68. The predicted molar refractivity (Wildman–Crippen MR) is 133 cm³/mol. The van der Waals surface area contributed by atoms with Crippen LogP contribution < -0.4 is 16.0 Å². The molecule has 4 nitrogen and oxygen atoms in total. The fourth-order valence-corrected chi connectivity index (χ4v) is 4.66. The molecule has 0 spiro atoms. The zero-order valence-electron chi connectivity index (χ0n) is 20.1. The molecule has 4 rings (SSSR count). The van der Waals surface area contributed by atoms with Crippen molar-refractivity contribution in [2.75, 3.05) is 39.3 Å². The molecule has 170 valence electrons. The van der Waals surface area contributed by atoms with E-state index in [2.05, 4.69) is 78.9 Å². The van der Waals surface area contributed by atoms with Gasteiger partial charge in [-0.3, -0.25) is 4.90 Å². The summed E-state index contributed by atoms with van der Waals surface area (Å²) in [6.45, 7) is 18.7. The quantitative estimate of drug-likeness (QED) is 0.684. The van der Waals surface area contributed by atoms with E-state index >= 15 is 0 Å². The Bertz CT molecular complexity index is 787. The van der Waals surface area contributed by atoms with E-state index < -0.39 is 0 Å². The topological polar surface area (TPSA) is 39.3 Å². The van der Waals surface area contributed by atoms with E-state index in [1.54, 1.807) is 0 Å². The SMILES string of the molecule is Cc1c(C)c2c(C)c(C)c1CNCCCNCCNCCCN(Cc1ccccc1)C2. The summed E-state index contributed by atoms with van der Waals surface area (Å²) in [6.07, 6.45) is 2.34. The highest BCUT2D eigenvalue weighted by Crippen LogP contribution is 2.28. The van der Waals surface area contributed by atoms with Crippen LogP contribution in [0.2, 0.25) is 0 Å². The molecule has 0 aliphatic carbocycles. The van der Waals surface area contributed by atoms with Crippen LogP contribution in [0.15, 0.2) is 30.3 Å². The largest absolute Gasteiger partial charge is 0.315 e. The van der Waals surface area contributed by atoms with Gasteiger partial charge in [-0.15, -0.1) is 0 Å². The summed E-state index contributed by atoms with van der Waals surface area (Å²) in [5, 5.41) is 10.8. The molecule has 2 bridgehead atoms. The smallest absolute Gasteiger partial charge is 0.0242 e. The number of hydrogen-bond donors (Lipinski definition) is 3. The van der Waals surface area contributed by atoms with E-state index in [-0.39, 0.29) is 0 Å². The van der Waals surface area contributed by atoms with Gasteiger partial charge in [-0.05, 0) is 99.1 Å². The first kappa shape index (κ1) is 23.9. The third-order valence-corrected chi connectivity index (χ3v) is 6.88. The van der Waals surface area contributed by atoms with Gasteiger partial charge in [-0.2, -0.15) is 0 Å². The van der Waals surface area contributed by atoms with Gasteiger partial charge < -0.3 is 16.0 Å². The highest BCUT2D eigenvalue weighted by Gasteiger charge is 2.17. The minimum atomic E-state index is 0.967. The van der Waals surface area contributed by atoms with Crippen molar-refractivity contribution in [3.8, 4) is 0 Å². The molecule has 2 heterocycles. The summed E-state index contributed by atoms with van der Waals surface area (Å²) < 4.78 is 0. The Morgan fingerprint density at radius 1 is 0.677 bits per heavy atom. The number of hydrogen-bond acceptors (Lipinski definition) is 4. The monoisotopic (exact) mass is 422 g/mol. The van der Waals surface area contributed by atoms with Crippen molar-refractivity contribution in [2.24, 2.45) is 0 Å². The van der Waals surface area contributed by atoms with Crippen LogP contribution in [0.3, 0.4) is 0 Å². The van der Waals surface area contributed by atoms with Crippen LogP contribution in [0, 0.1) is 27.7 Å². The van der Waals surface area contributed by atoms with Crippen LogP contribution in [-0.2, 0) is 19.6 Å². The van der Waals surface area contributed by atoms with Crippen LogP contribution in [0.5, 0.6) is 0 Å². The van der Waals surface area contributed by atoms with Crippen LogP contribution in [0.25, 0.3) is 0 Å².